The zero-order valence-corrected chi connectivity index (χ0v) is 11.1. The maximum atomic E-state index is 6.08. The summed E-state index contributed by atoms with van der Waals surface area (Å²) in [5, 5.41) is 8.90. The van der Waals surface area contributed by atoms with Crippen LogP contribution in [0.25, 0.3) is 5.65 Å². The lowest BCUT2D eigenvalue weighted by Crippen LogP contribution is -1.96. The summed E-state index contributed by atoms with van der Waals surface area (Å²) in [5.74, 6) is 1.69. The van der Waals surface area contributed by atoms with Crippen LogP contribution in [0, 0.1) is 0 Å². The molecule has 96 valence electrons. The molecule has 0 aliphatic rings. The first kappa shape index (κ1) is 12.0. The van der Waals surface area contributed by atoms with Crippen LogP contribution in [0.5, 0.6) is 5.75 Å². The minimum atomic E-state index is 0.604. The van der Waals surface area contributed by atoms with Gasteiger partial charge in [0.1, 0.15) is 11.6 Å². The van der Waals surface area contributed by atoms with Gasteiger partial charge in [0.25, 0.3) is 0 Å². The predicted molar refractivity (Wildman–Crippen MR) is 73.8 cm³/mol. The lowest BCUT2D eigenvalue weighted by Gasteiger charge is -2.04. The summed E-state index contributed by atoms with van der Waals surface area (Å²) in [6.07, 6.45) is 2.59. The molecule has 0 aliphatic carbocycles. The van der Waals surface area contributed by atoms with Gasteiger partial charge in [-0.3, -0.25) is 4.40 Å². The molecule has 0 aliphatic heterocycles. The minimum Gasteiger partial charge on any atom is -0.497 e. The standard InChI is InChI=1S/C14H12ClN3O/c1-19-11-5-2-4-10(8-11)9-13-16-17-14-12(15)6-3-7-18(13)14/h2-8H,9H2,1H3. The summed E-state index contributed by atoms with van der Waals surface area (Å²) < 4.78 is 7.12. The van der Waals surface area contributed by atoms with Gasteiger partial charge in [0.2, 0.25) is 0 Å². The Morgan fingerprint density at radius 2 is 2.11 bits per heavy atom. The van der Waals surface area contributed by atoms with E-state index < -0.39 is 0 Å². The van der Waals surface area contributed by atoms with Gasteiger partial charge >= 0.3 is 0 Å². The highest BCUT2D eigenvalue weighted by atomic mass is 35.5. The van der Waals surface area contributed by atoms with E-state index in [2.05, 4.69) is 10.2 Å². The zero-order chi connectivity index (χ0) is 13.2. The van der Waals surface area contributed by atoms with Gasteiger partial charge in [-0.2, -0.15) is 0 Å². The highest BCUT2D eigenvalue weighted by Gasteiger charge is 2.08. The molecule has 3 aromatic rings. The first-order valence-electron chi connectivity index (χ1n) is 5.89. The molecule has 3 rings (SSSR count). The van der Waals surface area contributed by atoms with Crippen LogP contribution in [0.4, 0.5) is 0 Å². The van der Waals surface area contributed by atoms with Gasteiger partial charge in [0, 0.05) is 12.6 Å². The lowest BCUT2D eigenvalue weighted by molar-refractivity contribution is 0.414. The van der Waals surface area contributed by atoms with Gasteiger partial charge in [0.05, 0.1) is 12.1 Å². The van der Waals surface area contributed by atoms with E-state index >= 15 is 0 Å². The first-order chi connectivity index (χ1) is 9.28. The van der Waals surface area contributed by atoms with Crippen molar-refractivity contribution in [3.05, 3.63) is 59.0 Å². The van der Waals surface area contributed by atoms with Crippen LogP contribution in [-0.4, -0.2) is 21.7 Å². The second-order valence-electron chi connectivity index (χ2n) is 4.19. The van der Waals surface area contributed by atoms with E-state index in [4.69, 9.17) is 16.3 Å². The van der Waals surface area contributed by atoms with Crippen molar-refractivity contribution >= 4 is 17.2 Å². The van der Waals surface area contributed by atoms with E-state index in [1.165, 1.54) is 0 Å². The second kappa shape index (κ2) is 4.90. The molecule has 0 amide bonds. The Kier molecular flexibility index (Phi) is 3.09. The Labute approximate surface area is 115 Å². The van der Waals surface area contributed by atoms with Crippen molar-refractivity contribution < 1.29 is 4.74 Å². The molecule has 0 fully saturated rings. The summed E-state index contributed by atoms with van der Waals surface area (Å²) in [6, 6.07) is 11.6. The van der Waals surface area contributed by atoms with Crippen LogP contribution in [-0.2, 0) is 6.42 Å². The third-order valence-electron chi connectivity index (χ3n) is 2.95. The average Bonchev–Trinajstić information content (AvgIpc) is 2.84. The summed E-state index contributed by atoms with van der Waals surface area (Å²) in [6.45, 7) is 0. The SMILES string of the molecule is COc1cccc(Cc2nnc3c(Cl)cccn23)c1. The Morgan fingerprint density at radius 3 is 2.95 bits per heavy atom. The Hall–Kier alpha value is -2.07. The Morgan fingerprint density at radius 1 is 1.21 bits per heavy atom. The fourth-order valence-corrected chi connectivity index (χ4v) is 2.22. The van der Waals surface area contributed by atoms with Crippen molar-refractivity contribution in [2.24, 2.45) is 0 Å². The van der Waals surface area contributed by atoms with Crippen LogP contribution >= 0.6 is 11.6 Å². The van der Waals surface area contributed by atoms with E-state index in [-0.39, 0.29) is 0 Å². The molecular formula is C14H12ClN3O. The molecule has 19 heavy (non-hydrogen) atoms. The molecule has 2 aromatic heterocycles. The number of nitrogens with zero attached hydrogens (tertiary/aromatic N) is 3. The monoisotopic (exact) mass is 273 g/mol. The number of aromatic nitrogens is 3. The number of hydrogen-bond acceptors (Lipinski definition) is 3. The van der Waals surface area contributed by atoms with Gasteiger partial charge in [-0.25, -0.2) is 0 Å². The van der Waals surface area contributed by atoms with E-state index in [0.717, 1.165) is 17.1 Å². The van der Waals surface area contributed by atoms with Crippen LogP contribution in [0.2, 0.25) is 5.02 Å². The number of rotatable bonds is 3. The molecule has 0 atom stereocenters. The lowest BCUT2D eigenvalue weighted by atomic mass is 10.1. The smallest absolute Gasteiger partial charge is 0.179 e. The third-order valence-corrected chi connectivity index (χ3v) is 3.25. The zero-order valence-electron chi connectivity index (χ0n) is 10.4. The topological polar surface area (TPSA) is 39.4 Å². The average molecular weight is 274 g/mol. The van der Waals surface area contributed by atoms with Crippen LogP contribution in [0.1, 0.15) is 11.4 Å². The molecule has 1 aromatic carbocycles. The molecule has 0 saturated heterocycles. The molecule has 4 nitrogen and oxygen atoms in total. The first-order valence-corrected chi connectivity index (χ1v) is 6.27. The predicted octanol–water partition coefficient (Wildman–Crippen LogP) is 2.98. The van der Waals surface area contributed by atoms with Crippen molar-refractivity contribution in [3.8, 4) is 5.75 Å². The largest absolute Gasteiger partial charge is 0.497 e. The molecule has 0 spiro atoms. The molecule has 0 radical (unpaired) electrons. The molecule has 0 saturated carbocycles. The molecule has 2 heterocycles. The highest BCUT2D eigenvalue weighted by molar-refractivity contribution is 6.33. The van der Waals surface area contributed by atoms with Crippen LogP contribution < -0.4 is 4.74 Å². The van der Waals surface area contributed by atoms with E-state index in [1.807, 2.05) is 40.9 Å². The van der Waals surface area contributed by atoms with Crippen molar-refractivity contribution in [2.75, 3.05) is 7.11 Å². The van der Waals surface area contributed by atoms with Crippen molar-refractivity contribution in [1.82, 2.24) is 14.6 Å². The normalized spacial score (nSPS) is 10.8. The fourth-order valence-electron chi connectivity index (χ4n) is 2.02. The van der Waals surface area contributed by atoms with E-state index in [1.54, 1.807) is 13.2 Å². The molecular weight excluding hydrogens is 262 g/mol. The van der Waals surface area contributed by atoms with Crippen molar-refractivity contribution in [3.63, 3.8) is 0 Å². The third kappa shape index (κ3) is 2.27. The molecule has 5 heteroatoms. The van der Waals surface area contributed by atoms with Gasteiger partial charge < -0.3 is 4.74 Å². The molecule has 0 bridgehead atoms. The molecule has 0 N–H and O–H groups in total. The fraction of sp³-hybridized carbons (Fsp3) is 0.143. The molecule has 0 unspecified atom stereocenters. The summed E-state index contributed by atoms with van der Waals surface area (Å²) in [4.78, 5) is 0. The highest BCUT2D eigenvalue weighted by Crippen LogP contribution is 2.19. The van der Waals surface area contributed by atoms with Gasteiger partial charge in [0.15, 0.2) is 5.65 Å². The number of methoxy groups -OCH3 is 1. The number of hydrogen-bond donors (Lipinski definition) is 0. The van der Waals surface area contributed by atoms with Crippen LogP contribution in [0.3, 0.4) is 0 Å². The number of pyridine rings is 1. The summed E-state index contributed by atoms with van der Waals surface area (Å²) in [7, 11) is 1.66. The van der Waals surface area contributed by atoms with Crippen LogP contribution in [0.15, 0.2) is 42.6 Å². The Balaban J connectivity index is 1.99. The van der Waals surface area contributed by atoms with Crippen molar-refractivity contribution in [1.29, 1.82) is 0 Å². The van der Waals surface area contributed by atoms with Gasteiger partial charge in [-0.15, -0.1) is 10.2 Å². The van der Waals surface area contributed by atoms with Crippen molar-refractivity contribution in [2.45, 2.75) is 6.42 Å². The number of ether oxygens (including phenoxy) is 1. The number of benzene rings is 1. The van der Waals surface area contributed by atoms with Gasteiger partial charge in [-0.05, 0) is 29.8 Å². The number of fused-ring (bicyclic) bond motifs is 1. The second-order valence-corrected chi connectivity index (χ2v) is 4.60. The quantitative estimate of drug-likeness (QED) is 0.736. The van der Waals surface area contributed by atoms with E-state index in [9.17, 15) is 0 Å². The number of halogens is 1. The van der Waals surface area contributed by atoms with E-state index in [0.29, 0.717) is 17.1 Å². The minimum absolute atomic E-state index is 0.604. The van der Waals surface area contributed by atoms with Gasteiger partial charge in [-0.1, -0.05) is 23.7 Å². The Bertz CT molecular complexity index is 724. The maximum absolute atomic E-state index is 6.08. The summed E-state index contributed by atoms with van der Waals surface area (Å²) in [5.41, 5.74) is 1.80. The maximum Gasteiger partial charge on any atom is 0.179 e. The summed E-state index contributed by atoms with van der Waals surface area (Å²) >= 11 is 6.08.